The lowest BCUT2D eigenvalue weighted by atomic mass is 9.95. The van der Waals surface area contributed by atoms with E-state index in [9.17, 15) is 24.3 Å². The summed E-state index contributed by atoms with van der Waals surface area (Å²) in [5, 5.41) is 28.7. The van der Waals surface area contributed by atoms with E-state index in [1.807, 2.05) is 0 Å². The zero-order valence-electron chi connectivity index (χ0n) is 20.5. The molecule has 2 unspecified atom stereocenters. The molecule has 16 nitrogen and oxygen atoms in total. The van der Waals surface area contributed by atoms with Gasteiger partial charge in [0.05, 0.1) is 25.3 Å². The Morgan fingerprint density at radius 1 is 1.37 bits per heavy atom. The number of likely N-dealkylation sites (tertiary alicyclic amines) is 1. The number of carboxylic acid groups (broad SMARTS) is 1. The fraction of sp³-hybridized carbons (Fsp3) is 0.524. The van der Waals surface area contributed by atoms with Gasteiger partial charge in [-0.1, -0.05) is 5.16 Å². The van der Waals surface area contributed by atoms with Crippen molar-refractivity contribution >= 4 is 45.9 Å². The first-order chi connectivity index (χ1) is 18.1. The second-order valence-corrected chi connectivity index (χ2v) is 9.82. The highest BCUT2D eigenvalue weighted by Gasteiger charge is 2.55. The number of carbonyl (C=O) groups is 4. The zero-order chi connectivity index (χ0) is 27.4. The van der Waals surface area contributed by atoms with Gasteiger partial charge >= 0.3 is 5.97 Å². The Morgan fingerprint density at radius 2 is 2.13 bits per heavy atom. The fourth-order valence-electron chi connectivity index (χ4n) is 3.69. The van der Waals surface area contributed by atoms with Crippen molar-refractivity contribution in [3.05, 3.63) is 23.0 Å². The minimum Gasteiger partial charge on any atom is -0.478 e. The predicted molar refractivity (Wildman–Crippen MR) is 132 cm³/mol. The molecule has 17 heteroatoms. The number of nitrogens with one attached hydrogen (secondary N) is 2. The van der Waals surface area contributed by atoms with E-state index in [1.54, 1.807) is 7.05 Å². The van der Waals surface area contributed by atoms with E-state index >= 15 is 0 Å². The highest BCUT2D eigenvalue weighted by atomic mass is 32.1. The standard InChI is InChI=1S/C21H28N10O6S/c1-30-13(9-31-25-8-11(28-31)7-24-14(32)3-2-6-22)16(18(30)34)27-17(33)15(12-10-38-20(23)26-12)29-37-21(4-5-21)19(35)36/h8,10,13,16H,2-7,9,22H2,1H3,(H2,23,26)(H,24,32)(H,27,33)(H,35,36). The van der Waals surface area contributed by atoms with E-state index in [2.05, 4.69) is 31.0 Å². The summed E-state index contributed by atoms with van der Waals surface area (Å²) in [6.45, 7) is 0.788. The summed E-state index contributed by atoms with van der Waals surface area (Å²) in [4.78, 5) is 61.0. The summed E-state index contributed by atoms with van der Waals surface area (Å²) in [6.07, 6.45) is 2.92. The molecule has 2 fully saturated rings. The highest BCUT2D eigenvalue weighted by molar-refractivity contribution is 7.13. The normalized spacial score (nSPS) is 20.0. The number of hydrogen-bond donors (Lipinski definition) is 5. The fourth-order valence-corrected chi connectivity index (χ4v) is 4.23. The first-order valence-corrected chi connectivity index (χ1v) is 12.7. The molecule has 2 aromatic heterocycles. The van der Waals surface area contributed by atoms with Gasteiger partial charge in [0, 0.05) is 31.7 Å². The number of nitrogen functional groups attached to an aromatic ring is 1. The predicted octanol–water partition coefficient (Wildman–Crippen LogP) is -1.96. The number of nitrogens with two attached hydrogens (primary N) is 2. The van der Waals surface area contributed by atoms with Crippen LogP contribution in [0.1, 0.15) is 37.1 Å². The van der Waals surface area contributed by atoms with Crippen LogP contribution in [0.15, 0.2) is 16.7 Å². The number of carbonyl (C=O) groups excluding carboxylic acids is 3. The Bertz CT molecular complexity index is 1250. The van der Waals surface area contributed by atoms with Crippen LogP contribution in [-0.4, -0.2) is 90.7 Å². The van der Waals surface area contributed by atoms with Crippen LogP contribution in [0, 0.1) is 0 Å². The van der Waals surface area contributed by atoms with Gasteiger partial charge in [0.25, 0.3) is 5.91 Å². The van der Waals surface area contributed by atoms with Crippen molar-refractivity contribution in [2.75, 3.05) is 19.3 Å². The number of nitrogens with zero attached hydrogens (tertiary/aromatic N) is 6. The molecule has 38 heavy (non-hydrogen) atoms. The van der Waals surface area contributed by atoms with Gasteiger partial charge in [-0.15, -0.1) is 11.3 Å². The van der Waals surface area contributed by atoms with Gasteiger partial charge in [0.2, 0.25) is 17.4 Å². The number of aliphatic carboxylic acids is 1. The number of oxime groups is 1. The maximum atomic E-state index is 13.1. The molecule has 2 atom stereocenters. The molecule has 4 rings (SSSR count). The number of likely N-dealkylation sites (N-methyl/N-ethyl adjacent to an activating group) is 1. The smallest absolute Gasteiger partial charge is 0.350 e. The van der Waals surface area contributed by atoms with E-state index in [1.165, 1.54) is 21.3 Å². The molecule has 0 radical (unpaired) electrons. The van der Waals surface area contributed by atoms with Crippen molar-refractivity contribution in [1.29, 1.82) is 0 Å². The van der Waals surface area contributed by atoms with Crippen LogP contribution >= 0.6 is 11.3 Å². The molecular formula is C21H28N10O6S. The van der Waals surface area contributed by atoms with Crippen LogP contribution < -0.4 is 22.1 Å². The lowest BCUT2D eigenvalue weighted by Gasteiger charge is -2.44. The van der Waals surface area contributed by atoms with E-state index in [0.717, 1.165) is 11.3 Å². The summed E-state index contributed by atoms with van der Waals surface area (Å²) in [7, 11) is 1.58. The Balaban J connectivity index is 1.41. The Hall–Kier alpha value is -4.12. The van der Waals surface area contributed by atoms with Crippen LogP contribution in [0.2, 0.25) is 0 Å². The van der Waals surface area contributed by atoms with Gasteiger partial charge in [-0.2, -0.15) is 15.0 Å². The topological polar surface area (TPSA) is 233 Å². The molecule has 0 aromatic carbocycles. The number of amides is 3. The number of thiazole rings is 1. The first kappa shape index (κ1) is 26.9. The molecule has 2 aromatic rings. The van der Waals surface area contributed by atoms with Crippen molar-refractivity contribution in [3.8, 4) is 0 Å². The third-order valence-corrected chi connectivity index (χ3v) is 6.85. The SMILES string of the molecule is CN1C(=O)C(NC(=O)C(=NOC2(C(=O)O)CC2)c2csc(N)n2)C1Cn1ncc(CNC(=O)CCCN)n1. The van der Waals surface area contributed by atoms with Gasteiger partial charge in [-0.3, -0.25) is 14.4 Å². The maximum Gasteiger partial charge on any atom is 0.350 e. The Kier molecular flexibility index (Phi) is 7.86. The summed E-state index contributed by atoms with van der Waals surface area (Å²) in [5.41, 5.74) is 9.94. The van der Waals surface area contributed by atoms with Crippen LogP contribution in [0.5, 0.6) is 0 Å². The molecule has 1 saturated carbocycles. The average molecular weight is 549 g/mol. The maximum absolute atomic E-state index is 13.1. The molecule has 0 bridgehead atoms. The summed E-state index contributed by atoms with van der Waals surface area (Å²) in [6, 6.07) is -1.41. The molecular weight excluding hydrogens is 520 g/mol. The van der Waals surface area contributed by atoms with Crippen LogP contribution in [0.4, 0.5) is 5.13 Å². The number of aromatic nitrogens is 4. The third-order valence-electron chi connectivity index (χ3n) is 6.18. The minimum atomic E-state index is -1.48. The quantitative estimate of drug-likeness (QED) is 0.105. The molecule has 3 amide bonds. The molecule has 1 saturated heterocycles. The largest absolute Gasteiger partial charge is 0.478 e. The number of hydrogen-bond acceptors (Lipinski definition) is 12. The van der Waals surface area contributed by atoms with Crippen molar-refractivity contribution < 1.29 is 29.1 Å². The van der Waals surface area contributed by atoms with Gasteiger partial charge in [0.15, 0.2) is 10.8 Å². The Morgan fingerprint density at radius 3 is 2.76 bits per heavy atom. The Labute approximate surface area is 220 Å². The van der Waals surface area contributed by atoms with Crippen molar-refractivity contribution in [1.82, 2.24) is 35.5 Å². The van der Waals surface area contributed by atoms with Gasteiger partial charge in [-0.05, 0) is 13.0 Å². The monoisotopic (exact) mass is 548 g/mol. The lowest BCUT2D eigenvalue weighted by Crippen LogP contribution is -2.71. The lowest BCUT2D eigenvalue weighted by molar-refractivity contribution is -0.153. The third kappa shape index (κ3) is 5.88. The molecule has 1 aliphatic carbocycles. The summed E-state index contributed by atoms with van der Waals surface area (Å²) >= 11 is 1.07. The van der Waals surface area contributed by atoms with Crippen LogP contribution in [0.25, 0.3) is 0 Å². The van der Waals surface area contributed by atoms with E-state index in [0.29, 0.717) is 25.1 Å². The van der Waals surface area contributed by atoms with Crippen molar-refractivity contribution in [2.45, 2.75) is 56.5 Å². The first-order valence-electron chi connectivity index (χ1n) is 11.8. The molecule has 2 aliphatic rings. The average Bonchev–Trinajstić information content (AvgIpc) is 3.36. The van der Waals surface area contributed by atoms with Crippen LogP contribution in [-0.2, 0) is 37.1 Å². The van der Waals surface area contributed by atoms with E-state index < -0.39 is 29.6 Å². The molecule has 3 heterocycles. The molecule has 204 valence electrons. The number of anilines is 1. The second-order valence-electron chi connectivity index (χ2n) is 8.93. The van der Waals surface area contributed by atoms with Crippen molar-refractivity contribution in [2.24, 2.45) is 10.9 Å². The molecule has 1 aliphatic heterocycles. The van der Waals surface area contributed by atoms with Gasteiger partial charge < -0.3 is 36.9 Å². The van der Waals surface area contributed by atoms with E-state index in [4.69, 9.17) is 16.3 Å². The summed E-state index contributed by atoms with van der Waals surface area (Å²) in [5.74, 6) is -2.44. The highest BCUT2D eigenvalue weighted by Crippen LogP contribution is 2.40. The number of carboxylic acids is 1. The zero-order valence-corrected chi connectivity index (χ0v) is 21.3. The summed E-state index contributed by atoms with van der Waals surface area (Å²) < 4.78 is 0. The van der Waals surface area contributed by atoms with Crippen LogP contribution in [0.3, 0.4) is 0 Å². The number of β-lactam (4-membered cyclic amide) rings is 1. The van der Waals surface area contributed by atoms with Gasteiger partial charge in [-0.25, -0.2) is 9.78 Å². The number of rotatable bonds is 13. The van der Waals surface area contributed by atoms with Gasteiger partial charge in [0.1, 0.15) is 17.4 Å². The van der Waals surface area contributed by atoms with E-state index in [-0.39, 0.29) is 54.3 Å². The minimum absolute atomic E-state index is 0.0924. The second kappa shape index (κ2) is 11.1. The molecule has 7 N–H and O–H groups in total. The van der Waals surface area contributed by atoms with Crippen molar-refractivity contribution in [3.63, 3.8) is 0 Å². The molecule has 0 spiro atoms.